The molecule has 0 amide bonds. The Balaban J connectivity index is 0.00000136. The van der Waals surface area contributed by atoms with Gasteiger partial charge in [0, 0.05) is 28.2 Å². The molecule has 0 spiro atoms. The number of rotatable bonds is 5. The maximum atomic E-state index is 12.4. The van der Waals surface area contributed by atoms with Crippen molar-refractivity contribution in [1.29, 1.82) is 0 Å². The smallest absolute Gasteiger partial charge is 0.271 e. The first-order chi connectivity index (χ1) is 13.4. The fourth-order valence-corrected chi connectivity index (χ4v) is 3.75. The van der Waals surface area contributed by atoms with Gasteiger partial charge in [-0.25, -0.2) is 4.98 Å². The molecule has 3 N–H and O–H groups in total. The van der Waals surface area contributed by atoms with Crippen molar-refractivity contribution in [1.82, 2.24) is 14.5 Å². The fourth-order valence-electron chi connectivity index (χ4n) is 2.78. The first-order valence-electron chi connectivity index (χ1n) is 9.06. The highest BCUT2D eigenvalue weighted by atomic mass is 35.5. The topological polar surface area (TPSA) is 85.8 Å². The number of nitrogens with one attached hydrogen (secondary N) is 1. The number of fused-ring (bicyclic) bond motifs is 1. The lowest BCUT2D eigenvalue weighted by Gasteiger charge is -2.15. The molecule has 0 atom stereocenters. The van der Waals surface area contributed by atoms with Crippen LogP contribution in [-0.4, -0.2) is 27.3 Å². The van der Waals surface area contributed by atoms with Crippen molar-refractivity contribution >= 4 is 46.0 Å². The molecule has 150 valence electrons. The number of hydrogen-bond acceptors (Lipinski definition) is 6. The number of thioether (sulfide) groups is 1. The highest BCUT2D eigenvalue weighted by Gasteiger charge is 2.13. The van der Waals surface area contributed by atoms with Crippen LogP contribution in [0.1, 0.15) is 32.4 Å². The number of benzene rings is 1. The van der Waals surface area contributed by atoms with Crippen molar-refractivity contribution in [2.75, 3.05) is 18.1 Å². The number of pyridine rings is 1. The summed E-state index contributed by atoms with van der Waals surface area (Å²) in [7, 11) is 1.50. The number of aromatic nitrogens is 3. The van der Waals surface area contributed by atoms with Crippen LogP contribution in [0.5, 0.6) is 0 Å². The Morgan fingerprint density at radius 3 is 2.61 bits per heavy atom. The van der Waals surface area contributed by atoms with Gasteiger partial charge in [-0.3, -0.25) is 9.36 Å². The van der Waals surface area contributed by atoms with Crippen molar-refractivity contribution in [2.24, 2.45) is 5.73 Å². The van der Waals surface area contributed by atoms with Crippen molar-refractivity contribution in [2.45, 2.75) is 38.6 Å². The standard InChI is InChI=1S/C19H21ClN4OS.CH5N/c1-5-26-14-6-7-16(12(4)8-14)22-19-21-10-13-9-15(20)18(25)24(11(2)3)17(13)23-19;1-2/h6-11H,5H2,1-4H3,(H,21,22,23);2H2,1H3. The Hall–Kier alpha value is -2.09. The van der Waals surface area contributed by atoms with Crippen LogP contribution in [0.3, 0.4) is 0 Å². The van der Waals surface area contributed by atoms with Crippen LogP contribution < -0.4 is 16.6 Å². The zero-order valence-electron chi connectivity index (χ0n) is 16.8. The minimum Gasteiger partial charge on any atom is -0.333 e. The largest absolute Gasteiger partial charge is 0.333 e. The molecular weight excluding hydrogens is 394 g/mol. The average Bonchev–Trinajstić information content (AvgIpc) is 2.67. The molecule has 3 aromatic rings. The van der Waals surface area contributed by atoms with Gasteiger partial charge in [0.05, 0.1) is 0 Å². The van der Waals surface area contributed by atoms with Gasteiger partial charge >= 0.3 is 0 Å². The van der Waals surface area contributed by atoms with E-state index in [4.69, 9.17) is 11.6 Å². The quantitative estimate of drug-likeness (QED) is 0.579. The molecule has 6 nitrogen and oxygen atoms in total. The summed E-state index contributed by atoms with van der Waals surface area (Å²) in [4.78, 5) is 22.6. The number of halogens is 1. The molecular formula is C20H26ClN5OS. The SMILES string of the molecule is CCSc1ccc(Nc2ncc3cc(Cl)c(=O)n(C(C)C)c3n2)c(C)c1.CN. The highest BCUT2D eigenvalue weighted by molar-refractivity contribution is 7.99. The second-order valence-electron chi connectivity index (χ2n) is 6.27. The van der Waals surface area contributed by atoms with Gasteiger partial charge in [0.15, 0.2) is 0 Å². The first-order valence-corrected chi connectivity index (χ1v) is 10.4. The molecule has 2 heterocycles. The van der Waals surface area contributed by atoms with Crippen LogP contribution in [0.25, 0.3) is 11.0 Å². The molecule has 0 saturated carbocycles. The molecule has 1 aromatic carbocycles. The van der Waals surface area contributed by atoms with E-state index in [0.717, 1.165) is 22.4 Å². The number of anilines is 2. The number of aryl methyl sites for hydroxylation is 1. The Morgan fingerprint density at radius 1 is 1.29 bits per heavy atom. The summed E-state index contributed by atoms with van der Waals surface area (Å²) in [6.45, 7) is 8.05. The zero-order valence-corrected chi connectivity index (χ0v) is 18.4. The molecule has 0 aliphatic rings. The molecule has 0 unspecified atom stereocenters. The van der Waals surface area contributed by atoms with Crippen LogP contribution in [0, 0.1) is 6.92 Å². The Kier molecular flexibility index (Phi) is 7.86. The van der Waals surface area contributed by atoms with E-state index in [-0.39, 0.29) is 16.6 Å². The van der Waals surface area contributed by atoms with E-state index in [9.17, 15) is 4.79 Å². The number of nitrogens with zero attached hydrogens (tertiary/aromatic N) is 3. The maximum absolute atomic E-state index is 12.4. The van der Waals surface area contributed by atoms with Crippen LogP contribution in [0.15, 0.2) is 40.2 Å². The zero-order chi connectivity index (χ0) is 20.8. The number of nitrogens with two attached hydrogens (primary N) is 1. The molecule has 0 fully saturated rings. The van der Waals surface area contributed by atoms with Crippen LogP contribution in [-0.2, 0) is 0 Å². The summed E-state index contributed by atoms with van der Waals surface area (Å²) in [6, 6.07) is 7.80. The fraction of sp³-hybridized carbons (Fsp3) is 0.350. The van der Waals surface area contributed by atoms with E-state index < -0.39 is 0 Å². The van der Waals surface area contributed by atoms with Crippen LogP contribution >= 0.6 is 23.4 Å². The van der Waals surface area contributed by atoms with Crippen molar-refractivity contribution in [3.63, 3.8) is 0 Å². The summed E-state index contributed by atoms with van der Waals surface area (Å²) in [5, 5.41) is 4.17. The van der Waals surface area contributed by atoms with E-state index in [1.807, 2.05) is 26.8 Å². The van der Waals surface area contributed by atoms with Crippen LogP contribution in [0.2, 0.25) is 5.02 Å². The van der Waals surface area contributed by atoms with Gasteiger partial charge < -0.3 is 11.1 Å². The van der Waals surface area contributed by atoms with Gasteiger partial charge in [0.25, 0.3) is 5.56 Å². The molecule has 0 aliphatic carbocycles. The average molecular weight is 420 g/mol. The van der Waals surface area contributed by atoms with E-state index in [0.29, 0.717) is 11.6 Å². The van der Waals surface area contributed by atoms with Crippen molar-refractivity contribution in [3.8, 4) is 0 Å². The van der Waals surface area contributed by atoms with Gasteiger partial charge in [-0.1, -0.05) is 18.5 Å². The molecule has 28 heavy (non-hydrogen) atoms. The minimum absolute atomic E-state index is 0.0569. The maximum Gasteiger partial charge on any atom is 0.271 e. The van der Waals surface area contributed by atoms with Gasteiger partial charge in [-0.05, 0) is 63.4 Å². The Labute approximate surface area is 174 Å². The summed E-state index contributed by atoms with van der Waals surface area (Å²) in [5.74, 6) is 1.49. The highest BCUT2D eigenvalue weighted by Crippen LogP contribution is 2.26. The molecule has 0 bridgehead atoms. The first kappa shape index (κ1) is 22.2. The monoisotopic (exact) mass is 419 g/mol. The Bertz CT molecular complexity index is 1020. The van der Waals surface area contributed by atoms with E-state index in [1.165, 1.54) is 11.9 Å². The molecule has 2 aromatic heterocycles. The normalized spacial score (nSPS) is 10.7. The minimum atomic E-state index is -0.240. The lowest BCUT2D eigenvalue weighted by Crippen LogP contribution is -2.23. The van der Waals surface area contributed by atoms with Gasteiger partial charge in [-0.2, -0.15) is 4.98 Å². The molecule has 0 radical (unpaired) electrons. The molecule has 3 rings (SSSR count). The third-order valence-electron chi connectivity index (χ3n) is 4.00. The Morgan fingerprint density at radius 2 is 2.00 bits per heavy atom. The van der Waals surface area contributed by atoms with E-state index in [1.54, 1.807) is 28.6 Å². The van der Waals surface area contributed by atoms with Gasteiger partial charge in [0.2, 0.25) is 5.95 Å². The summed E-state index contributed by atoms with van der Waals surface area (Å²) >= 11 is 7.87. The van der Waals surface area contributed by atoms with Crippen molar-refractivity contribution in [3.05, 3.63) is 51.4 Å². The molecule has 0 aliphatic heterocycles. The third-order valence-corrected chi connectivity index (χ3v) is 5.15. The predicted molar refractivity (Wildman–Crippen MR) is 120 cm³/mol. The van der Waals surface area contributed by atoms with Gasteiger partial charge in [0.1, 0.15) is 10.7 Å². The molecule has 8 heteroatoms. The van der Waals surface area contributed by atoms with E-state index >= 15 is 0 Å². The second-order valence-corrected chi connectivity index (χ2v) is 8.01. The second kappa shape index (κ2) is 9.91. The summed E-state index contributed by atoms with van der Waals surface area (Å²) in [5.41, 5.74) is 6.89. The lowest BCUT2D eigenvalue weighted by molar-refractivity contribution is 0.595. The number of hydrogen-bond donors (Lipinski definition) is 2. The lowest BCUT2D eigenvalue weighted by atomic mass is 10.2. The predicted octanol–water partition coefficient (Wildman–Crippen LogP) is 4.76. The third kappa shape index (κ3) is 4.84. The van der Waals surface area contributed by atoms with Crippen LogP contribution in [0.4, 0.5) is 11.6 Å². The molecule has 0 saturated heterocycles. The van der Waals surface area contributed by atoms with E-state index in [2.05, 4.69) is 40.1 Å². The summed E-state index contributed by atoms with van der Waals surface area (Å²) < 4.78 is 1.60. The summed E-state index contributed by atoms with van der Waals surface area (Å²) in [6.07, 6.45) is 1.69. The van der Waals surface area contributed by atoms with Gasteiger partial charge in [-0.15, -0.1) is 11.8 Å². The van der Waals surface area contributed by atoms with Crippen molar-refractivity contribution < 1.29 is 0 Å².